The molecule has 6 heteroatoms. The zero-order valence-electron chi connectivity index (χ0n) is 13.1. The summed E-state index contributed by atoms with van der Waals surface area (Å²) in [5.41, 5.74) is 1.43. The van der Waals surface area contributed by atoms with Gasteiger partial charge < -0.3 is 9.47 Å². The molecule has 2 aromatic carbocycles. The van der Waals surface area contributed by atoms with Crippen LogP contribution in [0.25, 0.3) is 0 Å². The summed E-state index contributed by atoms with van der Waals surface area (Å²) in [6, 6.07) is 11.5. The first kappa shape index (κ1) is 16.5. The topological polar surface area (TPSA) is 78.7 Å². The molecule has 0 amide bonds. The maximum atomic E-state index is 12.1. The number of ether oxygens (including phenoxy) is 2. The Hall–Kier alpha value is -2.89. The van der Waals surface area contributed by atoms with Gasteiger partial charge in [-0.2, -0.15) is 0 Å². The first-order chi connectivity index (χ1) is 10.9. The second-order valence-corrected chi connectivity index (χ2v) is 5.20. The van der Waals surface area contributed by atoms with Crippen molar-refractivity contribution in [3.05, 3.63) is 63.7 Å². The van der Waals surface area contributed by atoms with Gasteiger partial charge in [0.15, 0.2) is 6.10 Å². The Labute approximate surface area is 133 Å². The summed E-state index contributed by atoms with van der Waals surface area (Å²) in [7, 11) is 0. The number of carbonyl (C=O) groups is 1. The van der Waals surface area contributed by atoms with Crippen LogP contribution in [-0.2, 0) is 4.79 Å². The number of rotatable bonds is 5. The van der Waals surface area contributed by atoms with Gasteiger partial charge in [-0.05, 0) is 50.6 Å². The minimum atomic E-state index is -0.799. The van der Waals surface area contributed by atoms with Crippen molar-refractivity contribution in [1.29, 1.82) is 0 Å². The lowest BCUT2D eigenvalue weighted by molar-refractivity contribution is -0.385. The highest BCUT2D eigenvalue weighted by molar-refractivity contribution is 5.77. The Kier molecular flexibility index (Phi) is 4.95. The molecule has 1 atom stereocenters. The maximum absolute atomic E-state index is 12.1. The van der Waals surface area contributed by atoms with E-state index in [1.54, 1.807) is 19.9 Å². The lowest BCUT2D eigenvalue weighted by Gasteiger charge is -2.14. The minimum absolute atomic E-state index is 0.0196. The molecule has 0 unspecified atom stereocenters. The van der Waals surface area contributed by atoms with Gasteiger partial charge in [-0.1, -0.05) is 12.1 Å². The summed E-state index contributed by atoms with van der Waals surface area (Å²) < 4.78 is 10.7. The molecule has 2 rings (SSSR count). The molecule has 0 aliphatic heterocycles. The normalized spacial score (nSPS) is 11.6. The maximum Gasteiger partial charge on any atom is 0.352 e. The molecule has 0 aliphatic rings. The number of nitro groups is 1. The number of nitrogens with zero attached hydrogens (tertiary/aromatic N) is 1. The van der Waals surface area contributed by atoms with Crippen LogP contribution in [-0.4, -0.2) is 17.0 Å². The third-order valence-electron chi connectivity index (χ3n) is 3.22. The third kappa shape index (κ3) is 4.29. The molecule has 0 saturated heterocycles. The molecule has 6 nitrogen and oxygen atoms in total. The van der Waals surface area contributed by atoms with E-state index in [0.29, 0.717) is 11.3 Å². The first-order valence-corrected chi connectivity index (χ1v) is 7.07. The van der Waals surface area contributed by atoms with Gasteiger partial charge in [-0.3, -0.25) is 10.1 Å². The van der Waals surface area contributed by atoms with Crippen molar-refractivity contribution >= 4 is 11.7 Å². The SMILES string of the molecule is Cc1cccc(O[C@@H](C)C(=O)Oc2ccc([N+](=O)[O-])c(C)c2)c1. The van der Waals surface area contributed by atoms with Crippen molar-refractivity contribution in [3.63, 3.8) is 0 Å². The summed E-state index contributed by atoms with van der Waals surface area (Å²) in [5.74, 6) is 0.256. The largest absolute Gasteiger partial charge is 0.479 e. The molecule has 0 aliphatic carbocycles. The van der Waals surface area contributed by atoms with Crippen LogP contribution in [0.4, 0.5) is 5.69 Å². The van der Waals surface area contributed by atoms with Crippen molar-refractivity contribution in [3.8, 4) is 11.5 Å². The monoisotopic (exact) mass is 315 g/mol. The van der Waals surface area contributed by atoms with Gasteiger partial charge in [0, 0.05) is 11.6 Å². The molecule has 120 valence electrons. The number of hydrogen-bond acceptors (Lipinski definition) is 5. The predicted octanol–water partition coefficient (Wildman–Crippen LogP) is 3.58. The van der Waals surface area contributed by atoms with Crippen LogP contribution in [0.1, 0.15) is 18.1 Å². The number of nitro benzene ring substituents is 1. The molecule has 2 aromatic rings. The summed E-state index contributed by atoms with van der Waals surface area (Å²) in [6.07, 6.45) is -0.799. The summed E-state index contributed by atoms with van der Waals surface area (Å²) in [5, 5.41) is 10.8. The predicted molar refractivity (Wildman–Crippen MR) is 84.7 cm³/mol. The van der Waals surface area contributed by atoms with E-state index in [1.807, 2.05) is 25.1 Å². The van der Waals surface area contributed by atoms with E-state index in [0.717, 1.165) is 5.56 Å². The van der Waals surface area contributed by atoms with Gasteiger partial charge in [0.05, 0.1) is 4.92 Å². The summed E-state index contributed by atoms with van der Waals surface area (Å²) >= 11 is 0. The van der Waals surface area contributed by atoms with Crippen LogP contribution in [0.2, 0.25) is 0 Å². The number of carbonyl (C=O) groups excluding carboxylic acids is 1. The van der Waals surface area contributed by atoms with E-state index in [-0.39, 0.29) is 11.4 Å². The number of hydrogen-bond donors (Lipinski definition) is 0. The van der Waals surface area contributed by atoms with E-state index in [4.69, 9.17) is 9.47 Å². The lowest BCUT2D eigenvalue weighted by atomic mass is 10.2. The fourth-order valence-corrected chi connectivity index (χ4v) is 2.04. The lowest BCUT2D eigenvalue weighted by Crippen LogP contribution is -2.28. The molecule has 0 N–H and O–H groups in total. The van der Waals surface area contributed by atoms with Gasteiger partial charge in [0.25, 0.3) is 5.69 Å². The standard InChI is InChI=1S/C17H17NO5/c1-11-5-4-6-14(9-11)22-13(3)17(19)23-15-7-8-16(18(20)21)12(2)10-15/h4-10,13H,1-3H3/t13-/m0/s1. The highest BCUT2D eigenvalue weighted by Crippen LogP contribution is 2.23. The molecule has 0 bridgehead atoms. The number of esters is 1. The molecule has 0 saturated carbocycles. The third-order valence-corrected chi connectivity index (χ3v) is 3.22. The van der Waals surface area contributed by atoms with Gasteiger partial charge in [0.1, 0.15) is 11.5 Å². The van der Waals surface area contributed by atoms with Crippen LogP contribution in [0, 0.1) is 24.0 Å². The Morgan fingerprint density at radius 1 is 1.13 bits per heavy atom. The Morgan fingerprint density at radius 3 is 2.48 bits per heavy atom. The minimum Gasteiger partial charge on any atom is -0.479 e. The van der Waals surface area contributed by atoms with Crippen LogP contribution in [0.3, 0.4) is 0 Å². The second-order valence-electron chi connectivity index (χ2n) is 5.20. The van der Waals surface area contributed by atoms with Gasteiger partial charge in [0.2, 0.25) is 0 Å². The Balaban J connectivity index is 2.03. The van der Waals surface area contributed by atoms with Crippen molar-refractivity contribution in [2.45, 2.75) is 26.9 Å². The highest BCUT2D eigenvalue weighted by atomic mass is 16.6. The zero-order valence-corrected chi connectivity index (χ0v) is 13.1. The van der Waals surface area contributed by atoms with Crippen LogP contribution in [0.5, 0.6) is 11.5 Å². The average Bonchev–Trinajstić information content (AvgIpc) is 2.46. The number of benzene rings is 2. The molecular formula is C17H17NO5. The van der Waals surface area contributed by atoms with Crippen molar-refractivity contribution in [2.75, 3.05) is 0 Å². The van der Waals surface area contributed by atoms with Crippen LogP contribution in [0.15, 0.2) is 42.5 Å². The summed E-state index contributed by atoms with van der Waals surface area (Å²) in [6.45, 7) is 5.10. The zero-order chi connectivity index (χ0) is 17.0. The van der Waals surface area contributed by atoms with E-state index in [2.05, 4.69) is 0 Å². The van der Waals surface area contributed by atoms with E-state index in [9.17, 15) is 14.9 Å². The Bertz CT molecular complexity index is 742. The molecule has 0 spiro atoms. The van der Waals surface area contributed by atoms with Crippen molar-refractivity contribution < 1.29 is 19.2 Å². The second kappa shape index (κ2) is 6.91. The van der Waals surface area contributed by atoms with Gasteiger partial charge in [-0.15, -0.1) is 0 Å². The number of aryl methyl sites for hydroxylation is 2. The van der Waals surface area contributed by atoms with Gasteiger partial charge in [-0.25, -0.2) is 4.79 Å². The molecule has 0 radical (unpaired) electrons. The fraction of sp³-hybridized carbons (Fsp3) is 0.235. The molecule has 0 fully saturated rings. The van der Waals surface area contributed by atoms with E-state index in [1.165, 1.54) is 18.2 Å². The fourth-order valence-electron chi connectivity index (χ4n) is 2.04. The molecular weight excluding hydrogens is 298 g/mol. The molecule has 23 heavy (non-hydrogen) atoms. The van der Waals surface area contributed by atoms with Gasteiger partial charge >= 0.3 is 5.97 Å². The van der Waals surface area contributed by atoms with Crippen molar-refractivity contribution in [2.24, 2.45) is 0 Å². The highest BCUT2D eigenvalue weighted by Gasteiger charge is 2.19. The van der Waals surface area contributed by atoms with Crippen LogP contribution >= 0.6 is 0 Å². The van der Waals surface area contributed by atoms with E-state index >= 15 is 0 Å². The van der Waals surface area contributed by atoms with Crippen molar-refractivity contribution in [1.82, 2.24) is 0 Å². The quantitative estimate of drug-likeness (QED) is 0.365. The molecule has 0 heterocycles. The smallest absolute Gasteiger partial charge is 0.352 e. The molecule has 0 aromatic heterocycles. The van der Waals surface area contributed by atoms with Crippen LogP contribution < -0.4 is 9.47 Å². The summed E-state index contributed by atoms with van der Waals surface area (Å²) in [4.78, 5) is 22.3. The Morgan fingerprint density at radius 2 is 1.87 bits per heavy atom. The average molecular weight is 315 g/mol. The van der Waals surface area contributed by atoms with E-state index < -0.39 is 17.0 Å². The first-order valence-electron chi connectivity index (χ1n) is 7.07.